The van der Waals surface area contributed by atoms with Crippen LogP contribution < -0.4 is 10.5 Å². The predicted octanol–water partition coefficient (Wildman–Crippen LogP) is 0.576. The molecule has 0 saturated heterocycles. The SMILES string of the molecule is COc1ccc(CCc2nn[nH]n2)cc1N. The molecule has 3 N–H and O–H groups in total. The molecular weight excluding hydrogens is 206 g/mol. The van der Waals surface area contributed by atoms with Gasteiger partial charge < -0.3 is 10.5 Å². The molecule has 6 nitrogen and oxygen atoms in total. The number of rotatable bonds is 4. The minimum atomic E-state index is 0.646. The molecule has 0 fully saturated rings. The number of hydrogen-bond donors (Lipinski definition) is 2. The van der Waals surface area contributed by atoms with Gasteiger partial charge in [0.1, 0.15) is 5.75 Å². The van der Waals surface area contributed by atoms with Crippen molar-refractivity contribution in [1.82, 2.24) is 20.6 Å². The van der Waals surface area contributed by atoms with Crippen LogP contribution in [0.4, 0.5) is 5.69 Å². The molecule has 0 unspecified atom stereocenters. The highest BCUT2D eigenvalue weighted by Gasteiger charge is 2.03. The summed E-state index contributed by atoms with van der Waals surface area (Å²) in [5.41, 5.74) is 7.58. The van der Waals surface area contributed by atoms with Gasteiger partial charge in [-0.2, -0.15) is 5.21 Å². The van der Waals surface area contributed by atoms with Gasteiger partial charge in [-0.05, 0) is 24.1 Å². The van der Waals surface area contributed by atoms with E-state index in [2.05, 4.69) is 20.6 Å². The van der Waals surface area contributed by atoms with Crippen LogP contribution in [0.1, 0.15) is 11.4 Å². The zero-order valence-corrected chi connectivity index (χ0v) is 8.97. The van der Waals surface area contributed by atoms with E-state index in [1.165, 1.54) is 0 Å². The Bertz CT molecular complexity index is 454. The highest BCUT2D eigenvalue weighted by molar-refractivity contribution is 5.54. The average Bonchev–Trinajstić information content (AvgIpc) is 2.79. The maximum Gasteiger partial charge on any atom is 0.174 e. The molecule has 1 aromatic heterocycles. The van der Waals surface area contributed by atoms with Gasteiger partial charge in [-0.15, -0.1) is 10.2 Å². The Morgan fingerprint density at radius 3 is 2.88 bits per heavy atom. The topological polar surface area (TPSA) is 89.7 Å². The normalized spacial score (nSPS) is 10.3. The molecule has 0 atom stereocenters. The van der Waals surface area contributed by atoms with E-state index >= 15 is 0 Å². The Labute approximate surface area is 92.8 Å². The van der Waals surface area contributed by atoms with Gasteiger partial charge in [-0.3, -0.25) is 0 Å². The number of tetrazole rings is 1. The molecule has 0 amide bonds. The van der Waals surface area contributed by atoms with Crippen molar-refractivity contribution in [2.24, 2.45) is 0 Å². The van der Waals surface area contributed by atoms with Crippen LogP contribution >= 0.6 is 0 Å². The quantitative estimate of drug-likeness (QED) is 0.734. The summed E-state index contributed by atoms with van der Waals surface area (Å²) in [5, 5.41) is 13.7. The molecule has 2 rings (SSSR count). The van der Waals surface area contributed by atoms with Gasteiger partial charge in [-0.1, -0.05) is 11.3 Å². The molecule has 0 spiro atoms. The van der Waals surface area contributed by atoms with Crippen molar-refractivity contribution in [3.05, 3.63) is 29.6 Å². The summed E-state index contributed by atoms with van der Waals surface area (Å²) in [6, 6.07) is 5.75. The zero-order chi connectivity index (χ0) is 11.4. The number of nitrogens with two attached hydrogens (primary N) is 1. The smallest absolute Gasteiger partial charge is 0.174 e. The number of benzene rings is 1. The second kappa shape index (κ2) is 4.61. The molecule has 1 aromatic carbocycles. The van der Waals surface area contributed by atoms with Crippen LogP contribution in [-0.2, 0) is 12.8 Å². The van der Waals surface area contributed by atoms with Gasteiger partial charge >= 0.3 is 0 Å². The van der Waals surface area contributed by atoms with Crippen molar-refractivity contribution in [1.29, 1.82) is 0 Å². The number of aromatic nitrogens is 4. The number of anilines is 1. The molecule has 0 aliphatic carbocycles. The van der Waals surface area contributed by atoms with Gasteiger partial charge in [0.05, 0.1) is 12.8 Å². The van der Waals surface area contributed by atoms with E-state index in [1.54, 1.807) is 7.11 Å². The zero-order valence-electron chi connectivity index (χ0n) is 8.97. The third kappa shape index (κ3) is 2.28. The number of methoxy groups -OCH3 is 1. The van der Waals surface area contributed by atoms with Crippen molar-refractivity contribution in [3.63, 3.8) is 0 Å². The van der Waals surface area contributed by atoms with Crippen LogP contribution in [0.15, 0.2) is 18.2 Å². The van der Waals surface area contributed by atoms with Crippen LogP contribution in [0.2, 0.25) is 0 Å². The standard InChI is InChI=1S/C10H13N5O/c1-16-9-4-2-7(6-8(9)11)3-5-10-12-14-15-13-10/h2,4,6H,3,5,11H2,1H3,(H,12,13,14,15). The Hall–Kier alpha value is -2.11. The van der Waals surface area contributed by atoms with Crippen LogP contribution in [0.3, 0.4) is 0 Å². The molecule has 0 aliphatic heterocycles. The monoisotopic (exact) mass is 219 g/mol. The fourth-order valence-corrected chi connectivity index (χ4v) is 1.48. The third-order valence-electron chi connectivity index (χ3n) is 2.32. The molecular formula is C10H13N5O. The summed E-state index contributed by atoms with van der Waals surface area (Å²) in [5.74, 6) is 1.40. The maximum absolute atomic E-state index is 5.81. The summed E-state index contributed by atoms with van der Waals surface area (Å²) >= 11 is 0. The fraction of sp³-hybridized carbons (Fsp3) is 0.300. The highest BCUT2D eigenvalue weighted by Crippen LogP contribution is 2.22. The summed E-state index contributed by atoms with van der Waals surface area (Å²) < 4.78 is 5.09. The minimum Gasteiger partial charge on any atom is -0.495 e. The molecule has 0 aliphatic rings. The molecule has 0 bridgehead atoms. The molecule has 16 heavy (non-hydrogen) atoms. The van der Waals surface area contributed by atoms with Crippen LogP contribution in [-0.4, -0.2) is 27.7 Å². The van der Waals surface area contributed by atoms with Gasteiger partial charge in [-0.25, -0.2) is 0 Å². The van der Waals surface area contributed by atoms with Crippen molar-refractivity contribution in [3.8, 4) is 5.75 Å². The van der Waals surface area contributed by atoms with E-state index in [0.717, 1.165) is 18.4 Å². The lowest BCUT2D eigenvalue weighted by molar-refractivity contribution is 0.417. The van der Waals surface area contributed by atoms with Gasteiger partial charge in [0.25, 0.3) is 0 Å². The van der Waals surface area contributed by atoms with Crippen LogP contribution in [0, 0.1) is 0 Å². The summed E-state index contributed by atoms with van der Waals surface area (Å²) in [4.78, 5) is 0. The number of aryl methyl sites for hydroxylation is 2. The number of aromatic amines is 1. The van der Waals surface area contributed by atoms with E-state index in [1.807, 2.05) is 18.2 Å². The molecule has 0 saturated carbocycles. The lowest BCUT2D eigenvalue weighted by Gasteiger charge is -2.06. The number of nitrogens with one attached hydrogen (secondary N) is 1. The lowest BCUT2D eigenvalue weighted by atomic mass is 10.1. The van der Waals surface area contributed by atoms with Crippen LogP contribution in [0.25, 0.3) is 0 Å². The van der Waals surface area contributed by atoms with E-state index in [-0.39, 0.29) is 0 Å². The van der Waals surface area contributed by atoms with Crippen LogP contribution in [0.5, 0.6) is 5.75 Å². The molecule has 0 radical (unpaired) electrons. The molecule has 84 valence electrons. The summed E-state index contributed by atoms with van der Waals surface area (Å²) in [6.07, 6.45) is 1.57. The summed E-state index contributed by atoms with van der Waals surface area (Å²) in [6.45, 7) is 0. The van der Waals surface area contributed by atoms with E-state index in [9.17, 15) is 0 Å². The lowest BCUT2D eigenvalue weighted by Crippen LogP contribution is -1.97. The minimum absolute atomic E-state index is 0.646. The Balaban J connectivity index is 2.02. The van der Waals surface area contributed by atoms with Gasteiger partial charge in [0, 0.05) is 6.42 Å². The van der Waals surface area contributed by atoms with E-state index < -0.39 is 0 Å². The maximum atomic E-state index is 5.81. The van der Waals surface area contributed by atoms with Gasteiger partial charge in [0.15, 0.2) is 5.82 Å². The number of nitrogen functional groups attached to an aromatic ring is 1. The second-order valence-electron chi connectivity index (χ2n) is 3.40. The first-order valence-electron chi connectivity index (χ1n) is 4.94. The molecule has 1 heterocycles. The first-order chi connectivity index (χ1) is 7.79. The largest absolute Gasteiger partial charge is 0.495 e. The van der Waals surface area contributed by atoms with Crippen molar-refractivity contribution >= 4 is 5.69 Å². The fourth-order valence-electron chi connectivity index (χ4n) is 1.48. The van der Waals surface area contributed by atoms with Gasteiger partial charge in [0.2, 0.25) is 0 Å². The number of nitrogens with zero attached hydrogens (tertiary/aromatic N) is 3. The highest BCUT2D eigenvalue weighted by atomic mass is 16.5. The van der Waals surface area contributed by atoms with Crippen molar-refractivity contribution < 1.29 is 4.74 Å². The summed E-state index contributed by atoms with van der Waals surface area (Å²) in [7, 11) is 1.60. The Kier molecular flexibility index (Phi) is 3.00. The Morgan fingerprint density at radius 2 is 2.25 bits per heavy atom. The van der Waals surface area contributed by atoms with E-state index in [4.69, 9.17) is 10.5 Å². The third-order valence-corrected chi connectivity index (χ3v) is 2.32. The number of H-pyrrole nitrogens is 1. The average molecular weight is 219 g/mol. The number of hydrogen-bond acceptors (Lipinski definition) is 5. The molecule has 2 aromatic rings. The Morgan fingerprint density at radius 1 is 1.38 bits per heavy atom. The van der Waals surface area contributed by atoms with E-state index in [0.29, 0.717) is 17.3 Å². The first kappa shape index (κ1) is 10.4. The first-order valence-corrected chi connectivity index (χ1v) is 4.94. The second-order valence-corrected chi connectivity index (χ2v) is 3.40. The number of ether oxygens (including phenoxy) is 1. The van der Waals surface area contributed by atoms with Crippen molar-refractivity contribution in [2.75, 3.05) is 12.8 Å². The molecule has 6 heteroatoms. The van der Waals surface area contributed by atoms with Crippen molar-refractivity contribution in [2.45, 2.75) is 12.8 Å². The predicted molar refractivity (Wildman–Crippen MR) is 59.0 cm³/mol.